The average molecular weight is 469 g/mol. The second-order valence-corrected chi connectivity index (χ2v) is 7.68. The third kappa shape index (κ3) is 4.17. The van der Waals surface area contributed by atoms with Crippen molar-refractivity contribution in [3.63, 3.8) is 0 Å². The van der Waals surface area contributed by atoms with Gasteiger partial charge in [-0.15, -0.1) is 0 Å². The van der Waals surface area contributed by atoms with Crippen LogP contribution in [0, 0.1) is 11.8 Å². The summed E-state index contributed by atoms with van der Waals surface area (Å²) < 4.78 is 27.6. The molecular formula is C26H23N7O2. The number of anilines is 2. The van der Waals surface area contributed by atoms with E-state index in [1.165, 1.54) is 13.1 Å². The molecule has 1 aliphatic rings. The van der Waals surface area contributed by atoms with Crippen molar-refractivity contribution in [2.45, 2.75) is 25.8 Å². The van der Waals surface area contributed by atoms with E-state index in [0.717, 1.165) is 4.90 Å². The molecule has 3 aromatic heterocycles. The lowest BCUT2D eigenvalue weighted by atomic mass is 10.1. The lowest BCUT2D eigenvalue weighted by molar-refractivity contribution is -0.126. The molecule has 4 aromatic rings. The summed E-state index contributed by atoms with van der Waals surface area (Å²) in [6.45, 7) is -0.610. The van der Waals surface area contributed by atoms with Crippen LogP contribution in [-0.2, 0) is 4.79 Å². The molecule has 1 atom stereocenters. The average Bonchev–Trinajstić information content (AvgIpc) is 3.41. The largest absolute Gasteiger partial charge is 0.382 e. The Morgan fingerprint density at radius 1 is 1.20 bits per heavy atom. The Hall–Kier alpha value is -4.71. The summed E-state index contributed by atoms with van der Waals surface area (Å²) in [6.07, 6.45) is 4.55. The number of imidazole rings is 1. The zero-order chi connectivity index (χ0) is 27.1. The lowest BCUT2D eigenvalue weighted by Gasteiger charge is -2.21. The van der Waals surface area contributed by atoms with Crippen molar-refractivity contribution in [2.24, 2.45) is 0 Å². The number of fused-ring (bicyclic) bond motifs is 1. The fraction of sp³-hybridized carbons (Fsp3) is 0.192. The van der Waals surface area contributed by atoms with Gasteiger partial charge in [0.2, 0.25) is 0 Å². The summed E-state index contributed by atoms with van der Waals surface area (Å²) >= 11 is 0. The third-order valence-corrected chi connectivity index (χ3v) is 5.50. The van der Waals surface area contributed by atoms with Gasteiger partial charge < -0.3 is 16.0 Å². The summed E-state index contributed by atoms with van der Waals surface area (Å²) in [5.41, 5.74) is 8.01. The smallest absolute Gasteiger partial charge is 0.299 e. The van der Waals surface area contributed by atoms with E-state index >= 15 is 0 Å². The molecule has 0 saturated carbocycles. The van der Waals surface area contributed by atoms with Crippen LogP contribution in [0.2, 0.25) is 0 Å². The first kappa shape index (κ1) is 18.7. The second-order valence-electron chi connectivity index (χ2n) is 7.68. The van der Waals surface area contributed by atoms with E-state index in [1.54, 1.807) is 59.3 Å². The third-order valence-electron chi connectivity index (χ3n) is 5.50. The molecule has 9 nitrogen and oxygen atoms in total. The van der Waals surface area contributed by atoms with Crippen LogP contribution < -0.4 is 11.1 Å². The number of nitrogen functional groups attached to an aromatic ring is 1. The molecule has 1 fully saturated rings. The number of pyridine rings is 1. The number of hydrogen-bond donors (Lipinski definition) is 2. The Kier molecular flexibility index (Phi) is 4.95. The molecular weight excluding hydrogens is 442 g/mol. The number of amides is 2. The zero-order valence-electron chi connectivity index (χ0n) is 21.8. The highest BCUT2D eigenvalue weighted by Crippen LogP contribution is 2.36. The number of nitrogens with one attached hydrogen (secondary N) is 1. The zero-order valence-corrected chi connectivity index (χ0v) is 18.8. The molecule has 174 valence electrons. The van der Waals surface area contributed by atoms with Crippen molar-refractivity contribution in [2.75, 3.05) is 17.5 Å². The molecule has 1 aliphatic heterocycles. The van der Waals surface area contributed by atoms with Crippen LogP contribution in [0.5, 0.6) is 0 Å². The number of nitrogens with two attached hydrogens (primary N) is 1. The highest BCUT2D eigenvalue weighted by atomic mass is 16.2. The van der Waals surface area contributed by atoms with Gasteiger partial charge in [0.15, 0.2) is 0 Å². The Bertz CT molecular complexity index is 1610. The number of nitrogens with zero attached hydrogens (tertiary/aromatic N) is 5. The standard InChI is InChI=1S/C26H23N7O2/c1-2-6-21(34)32-15-5-7-19(32)25-31-22(23-24(27)29-14-16-33(23)25)17-9-11-18(12-10-17)26(35)30-20-8-3-4-13-28-20/h3-4,8-14,16,19H,5,7,15H2,1H3,(H2,27,29)(H,28,30,35)/i15D2,19D. The van der Waals surface area contributed by atoms with Gasteiger partial charge in [-0.25, -0.2) is 15.0 Å². The van der Waals surface area contributed by atoms with E-state index in [1.807, 2.05) is 0 Å². The normalized spacial score (nSPS) is 19.8. The summed E-state index contributed by atoms with van der Waals surface area (Å²) in [5, 5.41) is 2.73. The maximum Gasteiger partial charge on any atom is 0.299 e. The minimum atomic E-state index is -2.09. The van der Waals surface area contributed by atoms with Gasteiger partial charge in [-0.2, -0.15) is 0 Å². The molecule has 9 heteroatoms. The number of carbonyl (C=O) groups excluding carboxylic acids is 2. The molecule has 1 saturated heterocycles. The fourth-order valence-corrected chi connectivity index (χ4v) is 3.94. The first-order valence-electron chi connectivity index (χ1n) is 12.4. The van der Waals surface area contributed by atoms with Crippen LogP contribution in [-0.4, -0.2) is 42.6 Å². The van der Waals surface area contributed by atoms with Gasteiger partial charge in [0.05, 0.1) is 7.39 Å². The van der Waals surface area contributed by atoms with Crippen LogP contribution in [0.4, 0.5) is 11.6 Å². The lowest BCUT2D eigenvalue weighted by Crippen LogP contribution is -2.30. The van der Waals surface area contributed by atoms with E-state index in [9.17, 15) is 11.0 Å². The monoisotopic (exact) mass is 468 g/mol. The maximum atomic E-state index is 12.8. The number of likely N-dealkylation sites (tertiary alicyclic amines) is 1. The van der Waals surface area contributed by atoms with Crippen molar-refractivity contribution in [1.29, 1.82) is 0 Å². The van der Waals surface area contributed by atoms with Crippen LogP contribution in [0.3, 0.4) is 0 Å². The molecule has 3 N–H and O–H groups in total. The van der Waals surface area contributed by atoms with E-state index < -0.39 is 18.4 Å². The van der Waals surface area contributed by atoms with Gasteiger partial charge in [0.1, 0.15) is 28.7 Å². The molecule has 1 aromatic carbocycles. The Balaban J connectivity index is 1.58. The molecule has 1 unspecified atom stereocenters. The number of hydrogen-bond acceptors (Lipinski definition) is 6. The quantitative estimate of drug-likeness (QED) is 0.444. The predicted molar refractivity (Wildman–Crippen MR) is 132 cm³/mol. The van der Waals surface area contributed by atoms with Gasteiger partial charge in [0.25, 0.3) is 11.8 Å². The maximum absolute atomic E-state index is 12.8. The van der Waals surface area contributed by atoms with E-state index in [-0.39, 0.29) is 30.4 Å². The highest BCUT2D eigenvalue weighted by molar-refractivity contribution is 6.04. The van der Waals surface area contributed by atoms with E-state index in [0.29, 0.717) is 28.2 Å². The van der Waals surface area contributed by atoms with Gasteiger partial charge in [-0.1, -0.05) is 24.1 Å². The van der Waals surface area contributed by atoms with Gasteiger partial charge >= 0.3 is 0 Å². The number of aromatic nitrogens is 4. The summed E-state index contributed by atoms with van der Waals surface area (Å²) in [7, 11) is 0. The number of benzene rings is 1. The van der Waals surface area contributed by atoms with Crippen LogP contribution in [0.25, 0.3) is 16.8 Å². The summed E-state index contributed by atoms with van der Waals surface area (Å²) in [4.78, 5) is 39.3. The first-order chi connectivity index (χ1) is 18.2. The SMILES string of the molecule is [2H]C1([2H])CCC([2H])(c2nc(-c3ccc(C(=O)Nc4ccccn4)cc3)c3c(N)nccn23)N1C(=O)C#CC. The van der Waals surface area contributed by atoms with Crippen molar-refractivity contribution >= 4 is 29.0 Å². The molecule has 2 amide bonds. The Morgan fingerprint density at radius 3 is 2.77 bits per heavy atom. The minimum absolute atomic E-state index is 0.00451. The van der Waals surface area contributed by atoms with Gasteiger partial charge in [-0.05, 0) is 50.0 Å². The summed E-state index contributed by atoms with van der Waals surface area (Å²) in [5.74, 6) is 4.40. The van der Waals surface area contributed by atoms with Crippen molar-refractivity contribution in [1.82, 2.24) is 24.3 Å². The van der Waals surface area contributed by atoms with Crippen molar-refractivity contribution in [3.8, 4) is 23.1 Å². The van der Waals surface area contributed by atoms with Crippen LogP contribution in [0.15, 0.2) is 61.1 Å². The Morgan fingerprint density at radius 2 is 2.03 bits per heavy atom. The minimum Gasteiger partial charge on any atom is -0.382 e. The molecule has 4 heterocycles. The van der Waals surface area contributed by atoms with Crippen molar-refractivity contribution < 1.29 is 13.7 Å². The summed E-state index contributed by atoms with van der Waals surface area (Å²) in [6, 6.07) is 10.0. The first-order valence-corrected chi connectivity index (χ1v) is 10.9. The molecule has 0 spiro atoms. The van der Waals surface area contributed by atoms with Gasteiger partial charge in [0, 0.05) is 39.0 Å². The van der Waals surface area contributed by atoms with Gasteiger partial charge in [-0.3, -0.25) is 14.0 Å². The van der Waals surface area contributed by atoms with Crippen LogP contribution >= 0.6 is 0 Å². The molecule has 35 heavy (non-hydrogen) atoms. The van der Waals surface area contributed by atoms with E-state index in [2.05, 4.69) is 27.1 Å². The topological polar surface area (TPSA) is 119 Å². The predicted octanol–water partition coefficient (Wildman–Crippen LogP) is 3.31. The fourth-order valence-electron chi connectivity index (χ4n) is 3.94. The van der Waals surface area contributed by atoms with E-state index in [4.69, 9.17) is 13.5 Å². The molecule has 0 radical (unpaired) electrons. The van der Waals surface area contributed by atoms with Crippen molar-refractivity contribution in [3.05, 3.63) is 72.4 Å². The highest BCUT2D eigenvalue weighted by Gasteiger charge is 2.33. The number of carbonyl (C=O) groups is 2. The number of rotatable bonds is 4. The molecule has 5 rings (SSSR count). The molecule has 0 bridgehead atoms. The Labute approximate surface area is 206 Å². The second kappa shape index (κ2) is 9.27. The molecule has 0 aliphatic carbocycles. The van der Waals surface area contributed by atoms with Crippen LogP contribution in [0.1, 0.15) is 46.1 Å².